The van der Waals surface area contributed by atoms with Crippen molar-refractivity contribution in [3.8, 4) is 0 Å². The van der Waals surface area contributed by atoms with Crippen LogP contribution in [0.25, 0.3) is 10.3 Å². The number of aryl methyl sites for hydroxylation is 2. The standard InChI is InChI=1S/C16H16FN5OS/c1-9-13-14(21(2)20-9)19-16(24-13)22-7-6-18-15(23)12(22)10-4-3-5-11(17)8-10/h3-5,8,12H,6-7H2,1-2H3,(H,18,23)/t12-/m0/s1. The molecule has 1 aliphatic heterocycles. The zero-order valence-electron chi connectivity index (χ0n) is 13.3. The molecular weight excluding hydrogens is 329 g/mol. The molecule has 1 atom stereocenters. The average Bonchev–Trinajstić information content (AvgIpc) is 3.09. The normalized spacial score (nSPS) is 18.2. The van der Waals surface area contributed by atoms with Gasteiger partial charge < -0.3 is 10.2 Å². The molecule has 8 heteroatoms. The van der Waals surface area contributed by atoms with E-state index in [4.69, 9.17) is 0 Å². The van der Waals surface area contributed by atoms with Crippen LogP contribution in [0, 0.1) is 12.7 Å². The molecule has 0 spiro atoms. The lowest BCUT2D eigenvalue weighted by Crippen LogP contribution is -2.50. The first-order valence-corrected chi connectivity index (χ1v) is 8.46. The van der Waals surface area contributed by atoms with Gasteiger partial charge in [0.05, 0.1) is 10.4 Å². The molecule has 0 aliphatic carbocycles. The van der Waals surface area contributed by atoms with Crippen LogP contribution in [0.15, 0.2) is 24.3 Å². The smallest absolute Gasteiger partial charge is 0.247 e. The summed E-state index contributed by atoms with van der Waals surface area (Å²) in [6, 6.07) is 5.59. The number of aromatic nitrogens is 3. The highest BCUT2D eigenvalue weighted by Gasteiger charge is 2.33. The molecule has 3 aromatic rings. The number of nitrogens with zero attached hydrogens (tertiary/aromatic N) is 4. The molecule has 24 heavy (non-hydrogen) atoms. The van der Waals surface area contributed by atoms with Gasteiger partial charge in [0.1, 0.15) is 11.9 Å². The molecule has 0 saturated carbocycles. The summed E-state index contributed by atoms with van der Waals surface area (Å²) in [6.45, 7) is 3.11. The molecule has 0 bridgehead atoms. The van der Waals surface area contributed by atoms with Gasteiger partial charge in [-0.3, -0.25) is 4.79 Å². The Morgan fingerprint density at radius 1 is 1.42 bits per heavy atom. The highest BCUT2D eigenvalue weighted by Crippen LogP contribution is 2.36. The maximum Gasteiger partial charge on any atom is 0.247 e. The molecule has 1 saturated heterocycles. The zero-order valence-corrected chi connectivity index (χ0v) is 14.1. The van der Waals surface area contributed by atoms with Crippen LogP contribution in [0.4, 0.5) is 9.52 Å². The van der Waals surface area contributed by atoms with Gasteiger partial charge in [0, 0.05) is 20.1 Å². The van der Waals surface area contributed by atoms with Crippen LogP contribution < -0.4 is 10.2 Å². The molecule has 1 aliphatic rings. The van der Waals surface area contributed by atoms with E-state index in [9.17, 15) is 9.18 Å². The Bertz CT molecular complexity index is 899. The largest absolute Gasteiger partial charge is 0.352 e. The minimum atomic E-state index is -0.580. The fraction of sp³-hybridized carbons (Fsp3) is 0.312. The van der Waals surface area contributed by atoms with E-state index in [0.29, 0.717) is 18.7 Å². The van der Waals surface area contributed by atoms with Crippen molar-refractivity contribution in [2.45, 2.75) is 13.0 Å². The van der Waals surface area contributed by atoms with Crippen LogP contribution in [-0.2, 0) is 11.8 Å². The lowest BCUT2D eigenvalue weighted by Gasteiger charge is -2.35. The fourth-order valence-corrected chi connectivity index (χ4v) is 4.16. The van der Waals surface area contributed by atoms with Crippen molar-refractivity contribution in [3.05, 3.63) is 41.3 Å². The number of anilines is 1. The number of hydrogen-bond donors (Lipinski definition) is 1. The molecule has 1 aromatic carbocycles. The summed E-state index contributed by atoms with van der Waals surface area (Å²) >= 11 is 1.51. The predicted molar refractivity (Wildman–Crippen MR) is 90.6 cm³/mol. The van der Waals surface area contributed by atoms with Crippen molar-refractivity contribution in [1.82, 2.24) is 20.1 Å². The van der Waals surface area contributed by atoms with E-state index in [1.54, 1.807) is 16.8 Å². The summed E-state index contributed by atoms with van der Waals surface area (Å²) in [6.07, 6.45) is 0. The number of thiazole rings is 1. The van der Waals surface area contributed by atoms with Crippen molar-refractivity contribution in [3.63, 3.8) is 0 Å². The minimum Gasteiger partial charge on any atom is -0.352 e. The number of carbonyl (C=O) groups is 1. The summed E-state index contributed by atoms with van der Waals surface area (Å²) in [7, 11) is 1.85. The molecular formula is C16H16FN5OS. The third-order valence-electron chi connectivity index (χ3n) is 4.16. The maximum absolute atomic E-state index is 13.6. The lowest BCUT2D eigenvalue weighted by molar-refractivity contribution is -0.123. The summed E-state index contributed by atoms with van der Waals surface area (Å²) in [5.41, 5.74) is 2.35. The average molecular weight is 345 g/mol. The van der Waals surface area contributed by atoms with E-state index in [1.165, 1.54) is 23.5 Å². The van der Waals surface area contributed by atoms with Crippen LogP contribution >= 0.6 is 11.3 Å². The van der Waals surface area contributed by atoms with Gasteiger partial charge in [-0.15, -0.1) is 0 Å². The summed E-state index contributed by atoms with van der Waals surface area (Å²) in [5.74, 6) is -0.490. The topological polar surface area (TPSA) is 63.1 Å². The van der Waals surface area contributed by atoms with Crippen LogP contribution in [-0.4, -0.2) is 33.8 Å². The number of piperazine rings is 1. The molecule has 1 fully saturated rings. The molecule has 0 radical (unpaired) electrons. The summed E-state index contributed by atoms with van der Waals surface area (Å²) in [5, 5.41) is 7.97. The first-order chi connectivity index (χ1) is 11.5. The number of rotatable bonds is 2. The summed E-state index contributed by atoms with van der Waals surface area (Å²) < 4.78 is 16.4. The third kappa shape index (κ3) is 2.34. The van der Waals surface area contributed by atoms with E-state index in [2.05, 4.69) is 15.4 Å². The molecule has 4 rings (SSSR count). The van der Waals surface area contributed by atoms with E-state index in [1.807, 2.05) is 18.9 Å². The van der Waals surface area contributed by atoms with Crippen LogP contribution in [0.1, 0.15) is 17.3 Å². The molecule has 1 amide bonds. The van der Waals surface area contributed by atoms with Gasteiger partial charge in [0.2, 0.25) is 5.91 Å². The number of benzene rings is 1. The minimum absolute atomic E-state index is 0.138. The monoisotopic (exact) mass is 345 g/mol. The second-order valence-corrected chi connectivity index (χ2v) is 6.78. The Morgan fingerprint density at radius 3 is 3.00 bits per heavy atom. The predicted octanol–water partition coefficient (Wildman–Crippen LogP) is 2.15. The van der Waals surface area contributed by atoms with E-state index >= 15 is 0 Å². The number of halogens is 1. The van der Waals surface area contributed by atoms with Crippen LogP contribution in [0.3, 0.4) is 0 Å². The van der Waals surface area contributed by atoms with Crippen LogP contribution in [0.2, 0.25) is 0 Å². The Kier molecular flexibility index (Phi) is 3.49. The van der Waals surface area contributed by atoms with Crippen molar-refractivity contribution in [2.24, 2.45) is 7.05 Å². The van der Waals surface area contributed by atoms with Crippen molar-refractivity contribution < 1.29 is 9.18 Å². The van der Waals surface area contributed by atoms with Gasteiger partial charge in [-0.25, -0.2) is 14.1 Å². The van der Waals surface area contributed by atoms with Gasteiger partial charge in [0.15, 0.2) is 10.8 Å². The second kappa shape index (κ2) is 5.55. The zero-order chi connectivity index (χ0) is 16.8. The highest BCUT2D eigenvalue weighted by molar-refractivity contribution is 7.22. The van der Waals surface area contributed by atoms with E-state index < -0.39 is 6.04 Å². The van der Waals surface area contributed by atoms with E-state index in [-0.39, 0.29) is 11.7 Å². The van der Waals surface area contributed by atoms with Crippen molar-refractivity contribution >= 4 is 32.7 Å². The van der Waals surface area contributed by atoms with Gasteiger partial charge in [-0.05, 0) is 24.6 Å². The Morgan fingerprint density at radius 2 is 2.25 bits per heavy atom. The summed E-state index contributed by atoms with van der Waals surface area (Å²) in [4.78, 5) is 19.1. The Hall–Kier alpha value is -2.48. The van der Waals surface area contributed by atoms with Crippen molar-refractivity contribution in [1.29, 1.82) is 0 Å². The van der Waals surface area contributed by atoms with Gasteiger partial charge >= 0.3 is 0 Å². The number of carbonyl (C=O) groups excluding carboxylic acids is 1. The fourth-order valence-electron chi connectivity index (χ4n) is 3.08. The highest BCUT2D eigenvalue weighted by atomic mass is 32.1. The SMILES string of the molecule is Cc1nn(C)c2nc(N3CCNC(=O)[C@@H]3c3cccc(F)c3)sc12. The molecule has 124 valence electrons. The molecule has 3 heterocycles. The molecule has 0 unspecified atom stereocenters. The Labute approximate surface area is 141 Å². The molecule has 6 nitrogen and oxygen atoms in total. The maximum atomic E-state index is 13.6. The third-order valence-corrected chi connectivity index (χ3v) is 5.35. The molecule has 2 aromatic heterocycles. The van der Waals surface area contributed by atoms with Crippen molar-refractivity contribution in [2.75, 3.05) is 18.0 Å². The lowest BCUT2D eigenvalue weighted by atomic mass is 10.0. The van der Waals surface area contributed by atoms with Gasteiger partial charge in [-0.1, -0.05) is 23.5 Å². The first-order valence-electron chi connectivity index (χ1n) is 7.64. The van der Waals surface area contributed by atoms with Gasteiger partial charge in [0.25, 0.3) is 0 Å². The number of nitrogens with one attached hydrogen (secondary N) is 1. The van der Waals surface area contributed by atoms with E-state index in [0.717, 1.165) is 21.2 Å². The van der Waals surface area contributed by atoms with Crippen LogP contribution in [0.5, 0.6) is 0 Å². The van der Waals surface area contributed by atoms with Gasteiger partial charge in [-0.2, -0.15) is 5.10 Å². The number of hydrogen-bond acceptors (Lipinski definition) is 5. The number of amides is 1. The molecule has 1 N–H and O–H groups in total. The first kappa shape index (κ1) is 15.1. The Balaban J connectivity index is 1.80. The number of fused-ring (bicyclic) bond motifs is 1. The second-order valence-electron chi connectivity index (χ2n) is 5.80. The quantitative estimate of drug-likeness (QED) is 0.773.